The van der Waals surface area contributed by atoms with Gasteiger partial charge in [0.05, 0.1) is 0 Å². The van der Waals surface area contributed by atoms with Crippen LogP contribution in [0.25, 0.3) is 0 Å². The minimum atomic E-state index is -0.0302. The van der Waals surface area contributed by atoms with Gasteiger partial charge in [-0.3, -0.25) is 4.79 Å². The van der Waals surface area contributed by atoms with E-state index in [1.165, 1.54) is 0 Å². The molecule has 0 radical (unpaired) electrons. The molecule has 1 amide bonds. The van der Waals surface area contributed by atoms with Gasteiger partial charge in [0.15, 0.2) is 11.5 Å². The van der Waals surface area contributed by atoms with Gasteiger partial charge >= 0.3 is 0 Å². The first-order chi connectivity index (χ1) is 9.11. The summed E-state index contributed by atoms with van der Waals surface area (Å²) in [6, 6.07) is 6.02. The Kier molecular flexibility index (Phi) is 4.53. The summed E-state index contributed by atoms with van der Waals surface area (Å²) < 4.78 is 10.6. The Bertz CT molecular complexity index is 462. The third-order valence-corrected chi connectivity index (χ3v) is 3.37. The van der Waals surface area contributed by atoms with Crippen LogP contribution in [0.15, 0.2) is 18.2 Å². The average molecular weight is 284 g/mol. The Hall–Kier alpha value is -1.42. The highest BCUT2D eigenvalue weighted by atomic mass is 35.5. The standard InChI is InChI=1S/C14H18ClNO3/c1-10(2)16(14(17)8-15)6-5-11-3-4-12-13(7-11)19-9-18-12/h3-4,7,10H,5-6,8-9H2,1-2H3. The number of amides is 1. The quantitative estimate of drug-likeness (QED) is 0.779. The molecule has 0 atom stereocenters. The van der Waals surface area contributed by atoms with Crippen molar-refractivity contribution < 1.29 is 14.3 Å². The van der Waals surface area contributed by atoms with Gasteiger partial charge in [-0.05, 0) is 38.0 Å². The molecule has 4 nitrogen and oxygen atoms in total. The fourth-order valence-corrected chi connectivity index (χ4v) is 2.25. The fourth-order valence-electron chi connectivity index (χ4n) is 2.09. The second kappa shape index (κ2) is 6.15. The van der Waals surface area contributed by atoms with E-state index in [9.17, 15) is 4.79 Å². The second-order valence-corrected chi connectivity index (χ2v) is 5.02. The van der Waals surface area contributed by atoms with Crippen molar-refractivity contribution in [1.29, 1.82) is 0 Å². The van der Waals surface area contributed by atoms with Crippen LogP contribution in [0.4, 0.5) is 0 Å². The van der Waals surface area contributed by atoms with E-state index in [1.54, 1.807) is 4.90 Å². The van der Waals surface area contributed by atoms with Gasteiger partial charge in [-0.1, -0.05) is 6.07 Å². The van der Waals surface area contributed by atoms with Gasteiger partial charge < -0.3 is 14.4 Å². The monoisotopic (exact) mass is 283 g/mol. The normalized spacial score (nSPS) is 12.8. The van der Waals surface area contributed by atoms with Crippen LogP contribution in [0.2, 0.25) is 0 Å². The Labute approximate surface area is 118 Å². The zero-order valence-electron chi connectivity index (χ0n) is 11.2. The first kappa shape index (κ1) is 14.0. The number of hydrogen-bond acceptors (Lipinski definition) is 3. The van der Waals surface area contributed by atoms with Gasteiger partial charge in [-0.15, -0.1) is 11.6 Å². The summed E-state index contributed by atoms with van der Waals surface area (Å²) in [5, 5.41) is 0. The summed E-state index contributed by atoms with van der Waals surface area (Å²) in [7, 11) is 0. The maximum absolute atomic E-state index is 11.7. The molecule has 1 aromatic rings. The Morgan fingerprint density at radius 2 is 2.11 bits per heavy atom. The molecule has 0 fully saturated rings. The van der Waals surface area contributed by atoms with Gasteiger partial charge in [0.2, 0.25) is 12.7 Å². The Morgan fingerprint density at radius 1 is 1.37 bits per heavy atom. The van der Waals surface area contributed by atoms with E-state index in [1.807, 2.05) is 32.0 Å². The SMILES string of the molecule is CC(C)N(CCc1ccc2c(c1)OCO2)C(=O)CCl. The number of fused-ring (bicyclic) bond motifs is 1. The van der Waals surface area contributed by atoms with Crippen molar-refractivity contribution in [1.82, 2.24) is 4.90 Å². The summed E-state index contributed by atoms with van der Waals surface area (Å²) in [6.07, 6.45) is 0.775. The van der Waals surface area contributed by atoms with Crippen LogP contribution in [-0.2, 0) is 11.2 Å². The Balaban J connectivity index is 1.99. The van der Waals surface area contributed by atoms with Crippen molar-refractivity contribution in [2.45, 2.75) is 26.3 Å². The molecule has 19 heavy (non-hydrogen) atoms. The number of carbonyl (C=O) groups is 1. The molecule has 2 rings (SSSR count). The minimum Gasteiger partial charge on any atom is -0.454 e. The van der Waals surface area contributed by atoms with Gasteiger partial charge in [-0.25, -0.2) is 0 Å². The molecule has 0 N–H and O–H groups in total. The fraction of sp³-hybridized carbons (Fsp3) is 0.500. The van der Waals surface area contributed by atoms with E-state index in [0.29, 0.717) is 6.54 Å². The van der Waals surface area contributed by atoms with Crippen LogP contribution in [0.5, 0.6) is 11.5 Å². The molecule has 0 aromatic heterocycles. The van der Waals surface area contributed by atoms with Gasteiger partial charge in [-0.2, -0.15) is 0 Å². The number of hydrogen-bond donors (Lipinski definition) is 0. The molecule has 0 aliphatic carbocycles. The molecule has 1 aliphatic heterocycles. The summed E-state index contributed by atoms with van der Waals surface area (Å²) in [5.74, 6) is 1.55. The lowest BCUT2D eigenvalue weighted by atomic mass is 10.1. The molecular formula is C14H18ClNO3. The van der Waals surface area contributed by atoms with Crippen LogP contribution in [-0.4, -0.2) is 36.1 Å². The van der Waals surface area contributed by atoms with Crippen molar-refractivity contribution in [3.63, 3.8) is 0 Å². The van der Waals surface area contributed by atoms with E-state index in [-0.39, 0.29) is 24.6 Å². The number of ether oxygens (including phenoxy) is 2. The van der Waals surface area contributed by atoms with Crippen molar-refractivity contribution >= 4 is 17.5 Å². The Morgan fingerprint density at radius 3 is 2.79 bits per heavy atom. The lowest BCUT2D eigenvalue weighted by molar-refractivity contribution is -0.130. The molecule has 0 unspecified atom stereocenters. The number of rotatable bonds is 5. The third kappa shape index (κ3) is 3.32. The zero-order valence-corrected chi connectivity index (χ0v) is 11.9. The largest absolute Gasteiger partial charge is 0.454 e. The number of nitrogens with zero attached hydrogens (tertiary/aromatic N) is 1. The van der Waals surface area contributed by atoms with Crippen LogP contribution in [0.3, 0.4) is 0 Å². The van der Waals surface area contributed by atoms with Gasteiger partial charge in [0.25, 0.3) is 0 Å². The lowest BCUT2D eigenvalue weighted by Gasteiger charge is -2.26. The molecule has 1 aliphatic rings. The highest BCUT2D eigenvalue weighted by Gasteiger charge is 2.17. The number of alkyl halides is 1. The first-order valence-corrected chi connectivity index (χ1v) is 6.89. The molecular weight excluding hydrogens is 266 g/mol. The number of carbonyl (C=O) groups excluding carboxylic acids is 1. The van der Waals surface area contributed by atoms with E-state index in [2.05, 4.69) is 0 Å². The maximum atomic E-state index is 11.7. The summed E-state index contributed by atoms with van der Waals surface area (Å²) in [4.78, 5) is 13.5. The van der Waals surface area contributed by atoms with Crippen LogP contribution >= 0.6 is 11.6 Å². The maximum Gasteiger partial charge on any atom is 0.237 e. The van der Waals surface area contributed by atoms with E-state index in [0.717, 1.165) is 23.5 Å². The van der Waals surface area contributed by atoms with E-state index in [4.69, 9.17) is 21.1 Å². The molecule has 104 valence electrons. The molecule has 0 bridgehead atoms. The molecule has 5 heteroatoms. The molecule has 1 aromatic carbocycles. The predicted molar refractivity (Wildman–Crippen MR) is 73.8 cm³/mol. The van der Waals surface area contributed by atoms with Crippen molar-refractivity contribution in [2.24, 2.45) is 0 Å². The molecule has 0 saturated heterocycles. The van der Waals surface area contributed by atoms with Crippen LogP contribution in [0.1, 0.15) is 19.4 Å². The summed E-state index contributed by atoms with van der Waals surface area (Å²) in [6.45, 7) is 4.92. The smallest absolute Gasteiger partial charge is 0.237 e. The summed E-state index contributed by atoms with van der Waals surface area (Å²) >= 11 is 5.62. The zero-order chi connectivity index (χ0) is 13.8. The topological polar surface area (TPSA) is 38.8 Å². The lowest BCUT2D eigenvalue weighted by Crippen LogP contribution is -2.39. The minimum absolute atomic E-state index is 0.0271. The van der Waals surface area contributed by atoms with Crippen molar-refractivity contribution in [2.75, 3.05) is 19.2 Å². The highest BCUT2D eigenvalue weighted by Crippen LogP contribution is 2.32. The molecule has 1 heterocycles. The average Bonchev–Trinajstić information content (AvgIpc) is 2.85. The summed E-state index contributed by atoms with van der Waals surface area (Å²) in [5.41, 5.74) is 1.12. The van der Waals surface area contributed by atoms with Crippen LogP contribution in [0, 0.1) is 0 Å². The number of halogens is 1. The van der Waals surface area contributed by atoms with E-state index >= 15 is 0 Å². The van der Waals surface area contributed by atoms with Gasteiger partial charge in [0, 0.05) is 12.6 Å². The van der Waals surface area contributed by atoms with Crippen molar-refractivity contribution in [3.8, 4) is 11.5 Å². The predicted octanol–water partition coefficient (Wildman–Crippen LogP) is 2.43. The van der Waals surface area contributed by atoms with Crippen molar-refractivity contribution in [3.05, 3.63) is 23.8 Å². The number of benzene rings is 1. The highest BCUT2D eigenvalue weighted by molar-refractivity contribution is 6.27. The molecule has 0 spiro atoms. The molecule has 0 saturated carbocycles. The third-order valence-electron chi connectivity index (χ3n) is 3.14. The van der Waals surface area contributed by atoms with Crippen LogP contribution < -0.4 is 9.47 Å². The van der Waals surface area contributed by atoms with Gasteiger partial charge in [0.1, 0.15) is 5.88 Å². The first-order valence-electron chi connectivity index (χ1n) is 6.35. The second-order valence-electron chi connectivity index (χ2n) is 4.75. The van der Waals surface area contributed by atoms with E-state index < -0.39 is 0 Å².